The number of ether oxygens (including phenoxy) is 2. The Balaban J connectivity index is 1.35. The second-order valence-corrected chi connectivity index (χ2v) is 9.09. The number of carbonyl (C=O) groups excluding carboxylic acids is 2. The molecule has 2 fully saturated rings. The molecular formula is C23H30N4O5S. The molecule has 0 saturated carbocycles. The minimum Gasteiger partial charge on any atom is -0.466 e. The van der Waals surface area contributed by atoms with Gasteiger partial charge in [0.1, 0.15) is 11.6 Å². The zero-order valence-corrected chi connectivity index (χ0v) is 19.9. The van der Waals surface area contributed by atoms with Crippen molar-refractivity contribution < 1.29 is 23.5 Å². The molecule has 4 rings (SSSR count). The van der Waals surface area contributed by atoms with Crippen LogP contribution in [-0.2, 0) is 20.0 Å². The van der Waals surface area contributed by atoms with Gasteiger partial charge in [0.05, 0.1) is 31.5 Å². The van der Waals surface area contributed by atoms with Gasteiger partial charge in [0, 0.05) is 37.9 Å². The largest absolute Gasteiger partial charge is 0.466 e. The predicted molar refractivity (Wildman–Crippen MR) is 123 cm³/mol. The first-order chi connectivity index (χ1) is 16.0. The van der Waals surface area contributed by atoms with E-state index < -0.39 is 0 Å². The second kappa shape index (κ2) is 11.0. The lowest BCUT2D eigenvalue weighted by atomic mass is 9.98. The third-order valence-corrected chi connectivity index (χ3v) is 6.57. The van der Waals surface area contributed by atoms with Gasteiger partial charge in [-0.25, -0.2) is 9.97 Å². The first-order valence-electron chi connectivity index (χ1n) is 11.4. The van der Waals surface area contributed by atoms with Gasteiger partial charge >= 0.3 is 5.97 Å². The number of morpholine rings is 1. The summed E-state index contributed by atoms with van der Waals surface area (Å²) in [6, 6.07) is 5.50. The number of thioether (sulfide) groups is 1. The number of carbonyl (C=O) groups is 2. The van der Waals surface area contributed by atoms with E-state index in [0.29, 0.717) is 49.6 Å². The molecule has 0 radical (unpaired) electrons. The number of furan rings is 1. The first-order valence-corrected chi connectivity index (χ1v) is 12.4. The normalized spacial score (nSPS) is 18.9. The third-order valence-electron chi connectivity index (χ3n) is 5.70. The summed E-state index contributed by atoms with van der Waals surface area (Å²) >= 11 is 1.48. The number of aryl methyl sites for hydroxylation is 1. The highest BCUT2D eigenvalue weighted by molar-refractivity contribution is 7.98. The average Bonchev–Trinajstić information content (AvgIpc) is 3.32. The van der Waals surface area contributed by atoms with E-state index >= 15 is 0 Å². The van der Waals surface area contributed by atoms with E-state index in [1.54, 1.807) is 17.9 Å². The number of esters is 1. The molecule has 0 N–H and O–H groups in total. The molecule has 1 unspecified atom stereocenters. The molecule has 1 amide bonds. The number of nitrogens with zero attached hydrogens (tertiary/aromatic N) is 4. The van der Waals surface area contributed by atoms with Gasteiger partial charge in [-0.1, -0.05) is 11.8 Å². The molecule has 9 nitrogen and oxygen atoms in total. The van der Waals surface area contributed by atoms with E-state index in [-0.39, 0.29) is 23.6 Å². The highest BCUT2D eigenvalue weighted by atomic mass is 32.2. The summed E-state index contributed by atoms with van der Waals surface area (Å²) in [4.78, 5) is 38.1. The number of rotatable bonds is 7. The molecule has 0 aliphatic carbocycles. The predicted octanol–water partition coefficient (Wildman–Crippen LogP) is 2.92. The first kappa shape index (κ1) is 23.6. The maximum Gasteiger partial charge on any atom is 0.310 e. The average molecular weight is 475 g/mol. The van der Waals surface area contributed by atoms with Crippen molar-refractivity contribution in [3.8, 4) is 0 Å². The standard InChI is InChI=1S/C23H30N4O5S/c1-3-31-22(29)17-5-4-8-27(14-17)21(28)19-7-6-18(32-19)15-33-23-24-16(2)13-20(25-23)26-9-11-30-12-10-26/h6-7,13,17H,3-5,8-12,14-15H2,1-2H3. The lowest BCUT2D eigenvalue weighted by molar-refractivity contribution is -0.149. The monoisotopic (exact) mass is 474 g/mol. The smallest absolute Gasteiger partial charge is 0.310 e. The molecule has 10 heteroatoms. The van der Waals surface area contributed by atoms with Crippen LogP contribution in [0.5, 0.6) is 0 Å². The molecular weight excluding hydrogens is 444 g/mol. The van der Waals surface area contributed by atoms with Crippen LogP contribution in [0.2, 0.25) is 0 Å². The van der Waals surface area contributed by atoms with Gasteiger partial charge in [0.25, 0.3) is 5.91 Å². The van der Waals surface area contributed by atoms with Gasteiger partial charge in [0.15, 0.2) is 10.9 Å². The summed E-state index contributed by atoms with van der Waals surface area (Å²) in [5.41, 5.74) is 0.908. The van der Waals surface area contributed by atoms with Crippen LogP contribution in [0.1, 0.15) is 41.8 Å². The molecule has 33 heavy (non-hydrogen) atoms. The quantitative estimate of drug-likeness (QED) is 0.341. The fourth-order valence-electron chi connectivity index (χ4n) is 4.02. The van der Waals surface area contributed by atoms with Crippen molar-refractivity contribution in [3.05, 3.63) is 35.4 Å². The number of anilines is 1. The minimum absolute atomic E-state index is 0.193. The van der Waals surface area contributed by atoms with Gasteiger partial charge < -0.3 is 23.7 Å². The zero-order valence-electron chi connectivity index (χ0n) is 19.1. The topological polar surface area (TPSA) is 98.0 Å². The highest BCUT2D eigenvalue weighted by Crippen LogP contribution is 2.25. The van der Waals surface area contributed by atoms with Crippen LogP contribution in [0.4, 0.5) is 5.82 Å². The number of aromatic nitrogens is 2. The van der Waals surface area contributed by atoms with Crippen LogP contribution in [0.15, 0.2) is 27.8 Å². The maximum atomic E-state index is 12.9. The lowest BCUT2D eigenvalue weighted by Crippen LogP contribution is -2.42. The molecule has 4 heterocycles. The van der Waals surface area contributed by atoms with Crippen LogP contribution in [0, 0.1) is 12.8 Å². The highest BCUT2D eigenvalue weighted by Gasteiger charge is 2.31. The van der Waals surface area contributed by atoms with Gasteiger partial charge in [-0.15, -0.1) is 0 Å². The van der Waals surface area contributed by atoms with Gasteiger partial charge in [0.2, 0.25) is 0 Å². The summed E-state index contributed by atoms with van der Waals surface area (Å²) in [5.74, 6) is 1.69. The molecule has 0 spiro atoms. The van der Waals surface area contributed by atoms with Gasteiger partial charge in [-0.2, -0.15) is 0 Å². The Kier molecular flexibility index (Phi) is 7.87. The Morgan fingerprint density at radius 2 is 2.03 bits per heavy atom. The van der Waals surface area contributed by atoms with Crippen LogP contribution < -0.4 is 4.90 Å². The summed E-state index contributed by atoms with van der Waals surface area (Å²) in [5, 5.41) is 0.675. The SMILES string of the molecule is CCOC(=O)C1CCCN(C(=O)c2ccc(CSc3nc(C)cc(N4CCOCC4)n3)o2)C1. The Labute approximate surface area is 197 Å². The Morgan fingerprint density at radius 3 is 2.82 bits per heavy atom. The van der Waals surface area contributed by atoms with E-state index in [2.05, 4.69) is 14.9 Å². The van der Waals surface area contributed by atoms with E-state index in [9.17, 15) is 9.59 Å². The zero-order chi connectivity index (χ0) is 23.2. The third kappa shape index (κ3) is 6.05. The minimum atomic E-state index is -0.272. The van der Waals surface area contributed by atoms with Crippen molar-refractivity contribution in [3.63, 3.8) is 0 Å². The number of amides is 1. The van der Waals surface area contributed by atoms with Crippen molar-refractivity contribution >= 4 is 29.5 Å². The molecule has 178 valence electrons. The molecule has 2 aromatic rings. The van der Waals surface area contributed by atoms with Crippen LogP contribution >= 0.6 is 11.8 Å². The molecule has 0 bridgehead atoms. The molecule has 2 aliphatic rings. The number of piperidine rings is 1. The molecule has 0 aromatic carbocycles. The van der Waals surface area contributed by atoms with Crippen molar-refractivity contribution in [2.45, 2.75) is 37.6 Å². The fraction of sp³-hybridized carbons (Fsp3) is 0.565. The van der Waals surface area contributed by atoms with E-state index in [0.717, 1.165) is 37.4 Å². The fourth-order valence-corrected chi connectivity index (χ4v) is 4.81. The van der Waals surface area contributed by atoms with E-state index in [1.807, 2.05) is 19.1 Å². The van der Waals surface area contributed by atoms with Crippen molar-refractivity contribution in [2.75, 3.05) is 50.9 Å². The number of hydrogen-bond acceptors (Lipinski definition) is 9. The van der Waals surface area contributed by atoms with Crippen molar-refractivity contribution in [1.82, 2.24) is 14.9 Å². The van der Waals surface area contributed by atoms with Crippen LogP contribution in [-0.4, -0.2) is 72.7 Å². The summed E-state index contributed by atoms with van der Waals surface area (Å²) in [6.45, 7) is 8.11. The Morgan fingerprint density at radius 1 is 1.21 bits per heavy atom. The maximum absolute atomic E-state index is 12.9. The second-order valence-electron chi connectivity index (χ2n) is 8.15. The van der Waals surface area contributed by atoms with Crippen molar-refractivity contribution in [1.29, 1.82) is 0 Å². The summed E-state index contributed by atoms with van der Waals surface area (Å²) in [6.07, 6.45) is 1.51. The number of hydrogen-bond donors (Lipinski definition) is 0. The lowest BCUT2D eigenvalue weighted by Gasteiger charge is -2.30. The summed E-state index contributed by atoms with van der Waals surface area (Å²) in [7, 11) is 0. The Bertz CT molecular complexity index is 976. The van der Waals surface area contributed by atoms with Crippen LogP contribution in [0.3, 0.4) is 0 Å². The molecule has 2 aromatic heterocycles. The number of likely N-dealkylation sites (tertiary alicyclic amines) is 1. The van der Waals surface area contributed by atoms with Gasteiger partial charge in [-0.3, -0.25) is 9.59 Å². The van der Waals surface area contributed by atoms with Crippen molar-refractivity contribution in [2.24, 2.45) is 5.92 Å². The van der Waals surface area contributed by atoms with E-state index in [1.165, 1.54) is 11.8 Å². The van der Waals surface area contributed by atoms with Crippen LogP contribution in [0.25, 0.3) is 0 Å². The van der Waals surface area contributed by atoms with Gasteiger partial charge in [-0.05, 0) is 38.8 Å². The van der Waals surface area contributed by atoms with E-state index in [4.69, 9.17) is 13.9 Å². The molecule has 2 aliphatic heterocycles. The molecule has 1 atom stereocenters. The molecule has 2 saturated heterocycles. The Hall–Kier alpha value is -2.59. The summed E-state index contributed by atoms with van der Waals surface area (Å²) < 4.78 is 16.4.